The molecule has 0 fully saturated rings. The Labute approximate surface area is 155 Å². The van der Waals surface area contributed by atoms with Crippen molar-refractivity contribution in [1.82, 2.24) is 0 Å². The Morgan fingerprint density at radius 2 is 1.73 bits per heavy atom. The van der Waals surface area contributed by atoms with Crippen LogP contribution in [0.15, 0.2) is 72.6 Å². The quantitative estimate of drug-likeness (QED) is 0.493. The van der Waals surface area contributed by atoms with E-state index in [2.05, 4.69) is 64.2 Å². The number of allylic oxidation sites excluding steroid dienone is 3. The average Bonchev–Trinajstić information content (AvgIpc) is 2.68. The van der Waals surface area contributed by atoms with Crippen LogP contribution in [0.3, 0.4) is 0 Å². The summed E-state index contributed by atoms with van der Waals surface area (Å²) in [5.41, 5.74) is 5.22. The Balaban J connectivity index is 1.51. The standard InChI is InChI=1S/C23H24N2O/c26-21(18-25-17-6-11-20-9-2-4-14-23(20)25)12-7-16-24-15-5-10-19-8-1-3-13-22(19)24/h1-4,7-9,12-14,16,18H,5-6,10-11,15,17H2/p+1. The maximum Gasteiger partial charge on any atom is 0.211 e. The normalized spacial score (nSPS) is 18.8. The van der Waals surface area contributed by atoms with E-state index in [1.807, 2.05) is 12.3 Å². The highest BCUT2D eigenvalue weighted by Gasteiger charge is 2.20. The molecular weight excluding hydrogens is 320 g/mol. The zero-order chi connectivity index (χ0) is 17.8. The predicted molar refractivity (Wildman–Crippen MR) is 108 cm³/mol. The second-order valence-electron chi connectivity index (χ2n) is 6.91. The molecule has 0 amide bonds. The second kappa shape index (κ2) is 7.61. The van der Waals surface area contributed by atoms with Crippen LogP contribution in [0.2, 0.25) is 0 Å². The maximum absolute atomic E-state index is 10.3. The van der Waals surface area contributed by atoms with Crippen molar-refractivity contribution in [2.45, 2.75) is 25.7 Å². The molecule has 2 aliphatic rings. The highest BCUT2D eigenvalue weighted by molar-refractivity contribution is 5.73. The van der Waals surface area contributed by atoms with Crippen molar-refractivity contribution < 1.29 is 9.68 Å². The minimum atomic E-state index is 0.281. The van der Waals surface area contributed by atoms with Gasteiger partial charge >= 0.3 is 0 Å². The SMILES string of the molecule is O/C(C=[N+]1CCCc2ccccc21)=C\C=C/N1CCCc2ccccc21. The second-order valence-corrected chi connectivity index (χ2v) is 6.91. The van der Waals surface area contributed by atoms with Crippen LogP contribution in [-0.2, 0) is 12.8 Å². The van der Waals surface area contributed by atoms with E-state index in [1.165, 1.54) is 22.5 Å². The molecule has 0 atom stereocenters. The first-order chi connectivity index (χ1) is 12.8. The largest absolute Gasteiger partial charge is 0.503 e. The third-order valence-electron chi connectivity index (χ3n) is 5.11. The minimum absolute atomic E-state index is 0.281. The molecule has 0 aliphatic carbocycles. The first kappa shape index (κ1) is 16.6. The third kappa shape index (κ3) is 3.57. The summed E-state index contributed by atoms with van der Waals surface area (Å²) in [6.45, 7) is 1.96. The fourth-order valence-electron chi connectivity index (χ4n) is 3.86. The van der Waals surface area contributed by atoms with Gasteiger partial charge in [-0.3, -0.25) is 0 Å². The van der Waals surface area contributed by atoms with Crippen LogP contribution in [-0.4, -0.2) is 29.0 Å². The summed E-state index contributed by atoms with van der Waals surface area (Å²) in [5, 5.41) is 10.3. The van der Waals surface area contributed by atoms with E-state index in [4.69, 9.17) is 0 Å². The number of aliphatic hydroxyl groups excluding tert-OH is 1. The van der Waals surface area contributed by atoms with Crippen LogP contribution in [0, 0.1) is 0 Å². The molecule has 0 saturated heterocycles. The molecule has 132 valence electrons. The van der Waals surface area contributed by atoms with Crippen molar-refractivity contribution in [3.8, 4) is 0 Å². The summed E-state index contributed by atoms with van der Waals surface area (Å²) < 4.78 is 2.15. The number of hydrogen-bond donors (Lipinski definition) is 1. The van der Waals surface area contributed by atoms with Gasteiger partial charge in [0.15, 0.2) is 5.76 Å². The van der Waals surface area contributed by atoms with Crippen molar-refractivity contribution in [3.05, 3.63) is 83.8 Å². The van der Waals surface area contributed by atoms with Crippen molar-refractivity contribution in [3.63, 3.8) is 0 Å². The van der Waals surface area contributed by atoms with Gasteiger partial charge in [0.25, 0.3) is 0 Å². The molecule has 2 aromatic rings. The van der Waals surface area contributed by atoms with Crippen molar-refractivity contribution >= 4 is 17.6 Å². The first-order valence-electron chi connectivity index (χ1n) is 9.43. The number of aliphatic hydroxyl groups is 1. The van der Waals surface area contributed by atoms with Gasteiger partial charge in [-0.2, -0.15) is 4.58 Å². The number of benzene rings is 2. The summed E-state index contributed by atoms with van der Waals surface area (Å²) in [5.74, 6) is 0.281. The molecule has 26 heavy (non-hydrogen) atoms. The maximum atomic E-state index is 10.3. The number of fused-ring (bicyclic) bond motifs is 2. The molecule has 0 spiro atoms. The number of hydrogen-bond acceptors (Lipinski definition) is 2. The summed E-state index contributed by atoms with van der Waals surface area (Å²) in [6.07, 6.45) is 12.1. The Bertz CT molecular complexity index is 879. The van der Waals surface area contributed by atoms with Gasteiger partial charge in [-0.25, -0.2) is 0 Å². The van der Waals surface area contributed by atoms with Gasteiger partial charge in [0, 0.05) is 36.5 Å². The zero-order valence-corrected chi connectivity index (χ0v) is 15.0. The van der Waals surface area contributed by atoms with Gasteiger partial charge in [-0.15, -0.1) is 0 Å². The van der Waals surface area contributed by atoms with E-state index in [0.29, 0.717) is 0 Å². The van der Waals surface area contributed by atoms with Gasteiger partial charge in [-0.05, 0) is 43.0 Å². The van der Waals surface area contributed by atoms with Crippen molar-refractivity contribution in [2.24, 2.45) is 0 Å². The molecule has 3 heteroatoms. The van der Waals surface area contributed by atoms with Gasteiger partial charge in [-0.1, -0.05) is 36.4 Å². The molecule has 0 aromatic heterocycles. The van der Waals surface area contributed by atoms with Crippen LogP contribution in [0.5, 0.6) is 0 Å². The molecular formula is C23H25N2O+. The Kier molecular flexibility index (Phi) is 4.87. The fourth-order valence-corrected chi connectivity index (χ4v) is 3.86. The van der Waals surface area contributed by atoms with E-state index in [0.717, 1.165) is 38.8 Å². The van der Waals surface area contributed by atoms with E-state index in [9.17, 15) is 5.11 Å². The molecule has 2 heterocycles. The molecule has 0 bridgehead atoms. The van der Waals surface area contributed by atoms with Crippen LogP contribution in [0.25, 0.3) is 0 Å². The molecule has 1 N–H and O–H groups in total. The summed E-state index contributed by atoms with van der Waals surface area (Å²) in [6, 6.07) is 17.0. The highest BCUT2D eigenvalue weighted by atomic mass is 16.3. The lowest BCUT2D eigenvalue weighted by atomic mass is 10.0. The summed E-state index contributed by atoms with van der Waals surface area (Å²) in [7, 11) is 0. The lowest BCUT2D eigenvalue weighted by Gasteiger charge is -2.27. The van der Waals surface area contributed by atoms with Crippen LogP contribution < -0.4 is 4.90 Å². The molecule has 2 aliphatic heterocycles. The van der Waals surface area contributed by atoms with E-state index >= 15 is 0 Å². The third-order valence-corrected chi connectivity index (χ3v) is 5.11. The molecule has 4 rings (SSSR count). The molecule has 0 unspecified atom stereocenters. The van der Waals surface area contributed by atoms with Crippen molar-refractivity contribution in [1.29, 1.82) is 0 Å². The van der Waals surface area contributed by atoms with Gasteiger partial charge in [0.05, 0.1) is 0 Å². The Morgan fingerprint density at radius 1 is 0.962 bits per heavy atom. The van der Waals surface area contributed by atoms with Gasteiger partial charge < -0.3 is 10.0 Å². The predicted octanol–water partition coefficient (Wildman–Crippen LogP) is 4.76. The topological polar surface area (TPSA) is 26.5 Å². The zero-order valence-electron chi connectivity index (χ0n) is 15.0. The number of para-hydroxylation sites is 2. The van der Waals surface area contributed by atoms with Crippen LogP contribution in [0.4, 0.5) is 11.4 Å². The van der Waals surface area contributed by atoms with E-state index in [-0.39, 0.29) is 5.76 Å². The molecule has 3 nitrogen and oxygen atoms in total. The van der Waals surface area contributed by atoms with E-state index < -0.39 is 0 Å². The fraction of sp³-hybridized carbons (Fsp3) is 0.261. The highest BCUT2D eigenvalue weighted by Crippen LogP contribution is 2.27. The van der Waals surface area contributed by atoms with Gasteiger partial charge in [0.2, 0.25) is 11.9 Å². The molecule has 2 aromatic carbocycles. The Hall–Kier alpha value is -2.81. The molecule has 0 saturated carbocycles. The minimum Gasteiger partial charge on any atom is -0.503 e. The Morgan fingerprint density at radius 3 is 2.65 bits per heavy atom. The number of rotatable bonds is 3. The van der Waals surface area contributed by atoms with Crippen LogP contribution >= 0.6 is 0 Å². The van der Waals surface area contributed by atoms with Crippen LogP contribution in [0.1, 0.15) is 24.0 Å². The van der Waals surface area contributed by atoms with Gasteiger partial charge in [0.1, 0.15) is 6.54 Å². The monoisotopic (exact) mass is 345 g/mol. The lowest BCUT2D eigenvalue weighted by Crippen LogP contribution is -2.23. The summed E-state index contributed by atoms with van der Waals surface area (Å²) >= 11 is 0. The lowest BCUT2D eigenvalue weighted by molar-refractivity contribution is -0.441. The number of anilines is 1. The smallest absolute Gasteiger partial charge is 0.211 e. The number of nitrogens with zero attached hydrogens (tertiary/aromatic N) is 2. The van der Waals surface area contributed by atoms with E-state index in [1.54, 1.807) is 6.08 Å². The molecule has 0 radical (unpaired) electrons. The average molecular weight is 345 g/mol. The first-order valence-corrected chi connectivity index (χ1v) is 9.43. The summed E-state index contributed by atoms with van der Waals surface area (Å²) in [4.78, 5) is 2.26. The number of aryl methyl sites for hydroxylation is 2. The van der Waals surface area contributed by atoms with Crippen molar-refractivity contribution in [2.75, 3.05) is 18.0 Å².